The number of Topliss-reactive ketones (excluding diaryl/α,β-unsaturated/α-hetero) is 2. The average molecular weight is 413 g/mol. The Balaban J connectivity index is 1.45. The van der Waals surface area contributed by atoms with Crippen LogP contribution >= 0.6 is 0 Å². The molecular formula is C24H36N4O2. The summed E-state index contributed by atoms with van der Waals surface area (Å²) in [5.74, 6) is 2.15. The van der Waals surface area contributed by atoms with Crippen LogP contribution in [0.1, 0.15) is 72.1 Å². The Labute approximate surface area is 179 Å². The van der Waals surface area contributed by atoms with E-state index in [4.69, 9.17) is 5.73 Å². The predicted octanol–water partition coefficient (Wildman–Crippen LogP) is 3.40. The van der Waals surface area contributed by atoms with Gasteiger partial charge in [0.2, 0.25) is 0 Å². The maximum atomic E-state index is 13.9. The molecule has 0 bridgehead atoms. The Bertz CT molecular complexity index is 853. The standard InChI is InChI=1S/C24H36N4O2/c1-15-8-9-23(3)16(12-15)4-5-18-17-6-7-19(20(29)14-28-26-10-11-27-28)22(17,2)13-21(30)24(18,23)25/h10-11,15-19H,4-9,12-14,25H2,1-3H3/t15-,16-,17-,18?,19+,22?,23?,24-/m0/s1. The van der Waals surface area contributed by atoms with E-state index < -0.39 is 5.54 Å². The average Bonchev–Trinajstić information content (AvgIpc) is 3.31. The van der Waals surface area contributed by atoms with Gasteiger partial charge in [0, 0.05) is 12.3 Å². The first kappa shape index (κ1) is 20.3. The summed E-state index contributed by atoms with van der Waals surface area (Å²) in [7, 11) is 0. The molecule has 1 aromatic heterocycles. The van der Waals surface area contributed by atoms with E-state index in [0.717, 1.165) is 31.6 Å². The van der Waals surface area contributed by atoms with Crippen molar-refractivity contribution in [3.05, 3.63) is 12.4 Å². The van der Waals surface area contributed by atoms with Gasteiger partial charge in [-0.15, -0.1) is 0 Å². The van der Waals surface area contributed by atoms with Crippen LogP contribution in [0.3, 0.4) is 0 Å². The summed E-state index contributed by atoms with van der Waals surface area (Å²) in [5.41, 5.74) is 6.14. The first-order chi connectivity index (χ1) is 14.2. The van der Waals surface area contributed by atoms with Crippen LogP contribution in [-0.4, -0.2) is 32.1 Å². The molecule has 4 saturated carbocycles. The highest BCUT2D eigenvalue weighted by Crippen LogP contribution is 2.67. The van der Waals surface area contributed by atoms with Gasteiger partial charge >= 0.3 is 0 Å². The molecule has 4 aliphatic rings. The van der Waals surface area contributed by atoms with Crippen LogP contribution in [0.4, 0.5) is 0 Å². The molecule has 1 heterocycles. The second-order valence-corrected chi connectivity index (χ2v) is 11.4. The fraction of sp³-hybridized carbons (Fsp3) is 0.833. The number of fused-ring (bicyclic) bond motifs is 5. The van der Waals surface area contributed by atoms with E-state index >= 15 is 0 Å². The molecule has 0 amide bonds. The zero-order valence-corrected chi connectivity index (χ0v) is 18.6. The third-order valence-corrected chi connectivity index (χ3v) is 10.2. The fourth-order valence-corrected chi connectivity index (χ4v) is 8.45. The number of nitrogens with zero attached hydrogens (tertiary/aromatic N) is 3. The van der Waals surface area contributed by atoms with Crippen molar-refractivity contribution >= 4 is 11.6 Å². The number of rotatable bonds is 3. The summed E-state index contributed by atoms with van der Waals surface area (Å²) >= 11 is 0. The van der Waals surface area contributed by atoms with Crippen molar-refractivity contribution in [1.29, 1.82) is 0 Å². The minimum absolute atomic E-state index is 0.0953. The van der Waals surface area contributed by atoms with Crippen LogP contribution in [0.5, 0.6) is 0 Å². The predicted molar refractivity (Wildman–Crippen MR) is 113 cm³/mol. The highest BCUT2D eigenvalue weighted by Gasteiger charge is 2.69. The number of ketones is 2. The van der Waals surface area contributed by atoms with Gasteiger partial charge in [0.1, 0.15) is 6.54 Å². The monoisotopic (exact) mass is 412 g/mol. The molecule has 164 valence electrons. The minimum Gasteiger partial charge on any atom is -0.318 e. The van der Waals surface area contributed by atoms with E-state index in [1.807, 2.05) is 0 Å². The topological polar surface area (TPSA) is 90.9 Å². The third kappa shape index (κ3) is 2.58. The lowest BCUT2D eigenvalue weighted by molar-refractivity contribution is -0.166. The van der Waals surface area contributed by atoms with Crippen molar-refractivity contribution in [2.75, 3.05) is 0 Å². The number of hydrogen-bond donors (Lipinski definition) is 1. The molecule has 0 saturated heterocycles. The van der Waals surface area contributed by atoms with Crippen molar-refractivity contribution in [3.63, 3.8) is 0 Å². The zero-order chi connectivity index (χ0) is 21.3. The van der Waals surface area contributed by atoms with Gasteiger partial charge in [-0.3, -0.25) is 9.59 Å². The molecule has 30 heavy (non-hydrogen) atoms. The SMILES string of the molecule is C[C@H]1CCC2(C)[C@@H](CCC3[C@@H]4CC[C@H](C(=O)Cn5nccn5)C4(C)CC(=O)[C@@]32N)C1. The molecule has 0 aromatic carbocycles. The summed E-state index contributed by atoms with van der Waals surface area (Å²) in [4.78, 5) is 28.5. The van der Waals surface area contributed by atoms with Crippen LogP contribution < -0.4 is 5.73 Å². The van der Waals surface area contributed by atoms with Crippen molar-refractivity contribution in [2.24, 2.45) is 46.2 Å². The molecule has 5 rings (SSSR count). The molecule has 3 unspecified atom stereocenters. The minimum atomic E-state index is -0.721. The van der Waals surface area contributed by atoms with Crippen LogP contribution in [0, 0.1) is 40.4 Å². The number of carbonyl (C=O) groups excluding carboxylic acids is 2. The second kappa shape index (κ2) is 6.72. The Morgan fingerprint density at radius 2 is 1.83 bits per heavy atom. The van der Waals surface area contributed by atoms with Gasteiger partial charge in [0.05, 0.1) is 17.9 Å². The Kier molecular flexibility index (Phi) is 4.56. The molecule has 4 aliphatic carbocycles. The Morgan fingerprint density at radius 3 is 2.57 bits per heavy atom. The molecule has 6 nitrogen and oxygen atoms in total. The smallest absolute Gasteiger partial charge is 0.159 e. The van der Waals surface area contributed by atoms with Crippen molar-refractivity contribution < 1.29 is 9.59 Å². The largest absolute Gasteiger partial charge is 0.318 e. The maximum Gasteiger partial charge on any atom is 0.159 e. The molecule has 0 aliphatic heterocycles. The van der Waals surface area contributed by atoms with Crippen LogP contribution in [0.2, 0.25) is 0 Å². The van der Waals surface area contributed by atoms with Gasteiger partial charge in [-0.25, -0.2) is 0 Å². The number of nitrogens with two attached hydrogens (primary N) is 1. The van der Waals surface area contributed by atoms with Crippen molar-refractivity contribution in [1.82, 2.24) is 15.0 Å². The number of hydrogen-bond acceptors (Lipinski definition) is 5. The summed E-state index contributed by atoms with van der Waals surface area (Å²) < 4.78 is 0. The normalized spacial score (nSPS) is 48.0. The molecule has 0 radical (unpaired) electrons. The highest BCUT2D eigenvalue weighted by molar-refractivity contribution is 5.93. The van der Waals surface area contributed by atoms with E-state index in [9.17, 15) is 9.59 Å². The van der Waals surface area contributed by atoms with Crippen LogP contribution in [0.15, 0.2) is 12.4 Å². The van der Waals surface area contributed by atoms with E-state index in [2.05, 4.69) is 31.0 Å². The van der Waals surface area contributed by atoms with Gasteiger partial charge in [-0.2, -0.15) is 15.0 Å². The molecule has 4 fully saturated rings. The summed E-state index contributed by atoms with van der Waals surface area (Å²) in [5, 5.41) is 8.21. The van der Waals surface area contributed by atoms with E-state index in [0.29, 0.717) is 18.3 Å². The molecule has 8 atom stereocenters. The van der Waals surface area contributed by atoms with Crippen LogP contribution in [-0.2, 0) is 16.1 Å². The first-order valence-electron chi connectivity index (χ1n) is 11.9. The lowest BCUT2D eigenvalue weighted by Gasteiger charge is -2.65. The Hall–Kier alpha value is -1.56. The lowest BCUT2D eigenvalue weighted by atomic mass is 9.40. The number of carbonyl (C=O) groups is 2. The molecule has 6 heteroatoms. The van der Waals surface area contributed by atoms with E-state index in [-0.39, 0.29) is 40.8 Å². The van der Waals surface area contributed by atoms with E-state index in [1.165, 1.54) is 24.1 Å². The fourth-order valence-electron chi connectivity index (χ4n) is 8.45. The van der Waals surface area contributed by atoms with Crippen molar-refractivity contribution in [2.45, 2.75) is 84.2 Å². The lowest BCUT2D eigenvalue weighted by Crippen LogP contribution is -2.74. The first-order valence-corrected chi connectivity index (χ1v) is 11.9. The molecule has 1 aromatic rings. The molecule has 0 spiro atoms. The summed E-state index contributed by atoms with van der Waals surface area (Å²) in [6.07, 6.45) is 11.2. The summed E-state index contributed by atoms with van der Waals surface area (Å²) in [6.45, 7) is 7.05. The maximum absolute atomic E-state index is 13.9. The third-order valence-electron chi connectivity index (χ3n) is 10.2. The molecular weight excluding hydrogens is 376 g/mol. The van der Waals surface area contributed by atoms with Gasteiger partial charge in [0.25, 0.3) is 0 Å². The van der Waals surface area contributed by atoms with Crippen LogP contribution in [0.25, 0.3) is 0 Å². The second-order valence-electron chi connectivity index (χ2n) is 11.4. The van der Waals surface area contributed by atoms with Gasteiger partial charge in [-0.05, 0) is 73.0 Å². The Morgan fingerprint density at radius 1 is 1.13 bits per heavy atom. The zero-order valence-electron chi connectivity index (χ0n) is 18.6. The quantitative estimate of drug-likeness (QED) is 0.821. The van der Waals surface area contributed by atoms with E-state index in [1.54, 1.807) is 12.4 Å². The van der Waals surface area contributed by atoms with Gasteiger partial charge < -0.3 is 5.73 Å². The molecule has 2 N–H and O–H groups in total. The van der Waals surface area contributed by atoms with Crippen molar-refractivity contribution in [3.8, 4) is 0 Å². The van der Waals surface area contributed by atoms with Gasteiger partial charge in [-0.1, -0.05) is 27.2 Å². The summed E-state index contributed by atoms with van der Waals surface area (Å²) in [6, 6.07) is 0. The van der Waals surface area contributed by atoms with Gasteiger partial charge in [0.15, 0.2) is 11.6 Å². The number of aromatic nitrogens is 3. The highest BCUT2D eigenvalue weighted by atomic mass is 16.1.